The van der Waals surface area contributed by atoms with Crippen molar-refractivity contribution < 1.29 is 0 Å². The number of allylic oxidation sites excluding steroid dienone is 6. The summed E-state index contributed by atoms with van der Waals surface area (Å²) in [6.07, 6.45) is 14.0. The molecule has 1 aromatic heterocycles. The second kappa shape index (κ2) is 21.2. The van der Waals surface area contributed by atoms with Crippen LogP contribution in [0.3, 0.4) is 0 Å². The van der Waals surface area contributed by atoms with E-state index in [2.05, 4.69) is 171 Å². The fourth-order valence-corrected chi connectivity index (χ4v) is 7.58. The third-order valence-electron chi connectivity index (χ3n) is 9.44. The molecule has 1 heterocycles. The van der Waals surface area contributed by atoms with Crippen LogP contribution in [-0.4, -0.2) is 5.84 Å². The third-order valence-corrected chi connectivity index (χ3v) is 10.6. The van der Waals surface area contributed by atoms with Crippen LogP contribution < -0.4 is 5.73 Å². The SMILES string of the molecule is C/C(=C/Cc1ccc2sc3ccccc3c2c1-c1ccc(C)cc1)N=C(N)c1ccccc1.C1=CCCC=C1.CC.CC(c1ccccc1)c1ccccc1. The maximum atomic E-state index is 6.23. The zero-order chi connectivity index (χ0) is 38.8. The van der Waals surface area contributed by atoms with Crippen molar-refractivity contribution in [1.29, 1.82) is 0 Å². The number of benzene rings is 6. The number of amidine groups is 1. The molecule has 7 aromatic rings. The van der Waals surface area contributed by atoms with E-state index in [-0.39, 0.29) is 0 Å². The minimum absolute atomic E-state index is 0.484. The quantitative estimate of drug-likeness (QED) is 0.128. The van der Waals surface area contributed by atoms with Gasteiger partial charge < -0.3 is 5.73 Å². The summed E-state index contributed by atoms with van der Waals surface area (Å²) in [5, 5.41) is 2.66. The van der Waals surface area contributed by atoms with Gasteiger partial charge in [-0.2, -0.15) is 0 Å². The Bertz CT molecular complexity index is 2280. The van der Waals surface area contributed by atoms with Crippen LogP contribution in [0.2, 0.25) is 0 Å². The topological polar surface area (TPSA) is 38.4 Å². The molecule has 2 nitrogen and oxygen atoms in total. The molecule has 55 heavy (non-hydrogen) atoms. The first-order valence-electron chi connectivity index (χ1n) is 19.5. The van der Waals surface area contributed by atoms with E-state index in [9.17, 15) is 0 Å². The fraction of sp³-hybridized carbons (Fsp3) is 0.173. The number of aliphatic imine (C=N–C) groups is 1. The smallest absolute Gasteiger partial charge is 0.130 e. The molecule has 0 saturated carbocycles. The van der Waals surface area contributed by atoms with Crippen LogP contribution in [0.1, 0.15) is 74.3 Å². The van der Waals surface area contributed by atoms with Crippen molar-refractivity contribution in [2.75, 3.05) is 0 Å². The number of rotatable bonds is 7. The summed E-state index contributed by atoms with van der Waals surface area (Å²) in [6.45, 7) is 10.4. The number of hydrogen-bond donors (Lipinski definition) is 1. The highest BCUT2D eigenvalue weighted by Crippen LogP contribution is 2.42. The van der Waals surface area contributed by atoms with Crippen LogP contribution in [0.15, 0.2) is 193 Å². The Morgan fingerprint density at radius 3 is 1.78 bits per heavy atom. The summed E-state index contributed by atoms with van der Waals surface area (Å²) < 4.78 is 2.65. The molecule has 6 aromatic carbocycles. The zero-order valence-corrected chi connectivity index (χ0v) is 33.8. The molecule has 0 unspecified atom stereocenters. The largest absolute Gasteiger partial charge is 0.383 e. The van der Waals surface area contributed by atoms with E-state index in [4.69, 9.17) is 5.73 Å². The first kappa shape index (κ1) is 40.4. The zero-order valence-electron chi connectivity index (χ0n) is 33.0. The Morgan fingerprint density at radius 1 is 0.673 bits per heavy atom. The second-order valence-corrected chi connectivity index (χ2v) is 14.4. The minimum Gasteiger partial charge on any atom is -0.383 e. The van der Waals surface area contributed by atoms with Crippen LogP contribution in [-0.2, 0) is 6.42 Å². The standard InChI is InChI=1S/C30H26N2S.C14H14.C6H8.C2H6/c1-20-12-15-22(16-13-20)28-23(17-14-21(2)32-30(31)24-8-4-3-5-9-24)18-19-27-29(28)25-10-6-7-11-26(25)33-27;1-12(13-8-4-2-5-9-13)14-10-6-3-7-11-14;1-2-4-6-5-3-1;1-2/h3-16,18-19H,17H2,1-2H3,(H2,31,32);2-12H,1H3;1-4H,5-6H2;1-2H3/b21-14-;;;. The molecule has 8 rings (SSSR count). The summed E-state index contributed by atoms with van der Waals surface area (Å²) in [5.41, 5.74) is 16.0. The van der Waals surface area contributed by atoms with Gasteiger partial charge in [0.25, 0.3) is 0 Å². The molecule has 0 atom stereocenters. The van der Waals surface area contributed by atoms with E-state index in [0.717, 1.165) is 17.7 Å². The summed E-state index contributed by atoms with van der Waals surface area (Å²) in [5.74, 6) is 1.03. The summed E-state index contributed by atoms with van der Waals surface area (Å²) in [4.78, 5) is 4.64. The summed E-state index contributed by atoms with van der Waals surface area (Å²) in [6, 6.07) is 53.2. The van der Waals surface area contributed by atoms with E-state index in [1.165, 1.54) is 66.4 Å². The van der Waals surface area contributed by atoms with Gasteiger partial charge in [0, 0.05) is 37.4 Å². The third kappa shape index (κ3) is 11.4. The monoisotopic (exact) mass is 738 g/mol. The molecule has 3 heteroatoms. The highest BCUT2D eigenvalue weighted by atomic mass is 32.1. The van der Waals surface area contributed by atoms with E-state index >= 15 is 0 Å². The maximum absolute atomic E-state index is 6.23. The van der Waals surface area contributed by atoms with Gasteiger partial charge in [-0.05, 0) is 73.1 Å². The number of aryl methyl sites for hydroxylation is 1. The number of nitrogens with two attached hydrogens (primary N) is 1. The van der Waals surface area contributed by atoms with Gasteiger partial charge in [-0.3, -0.25) is 0 Å². The number of thiophene rings is 1. The molecule has 0 bridgehead atoms. The lowest BCUT2D eigenvalue weighted by atomic mass is 9.92. The van der Waals surface area contributed by atoms with Crippen molar-refractivity contribution in [1.82, 2.24) is 0 Å². The summed E-state index contributed by atoms with van der Waals surface area (Å²) in [7, 11) is 0. The first-order valence-corrected chi connectivity index (χ1v) is 20.3. The second-order valence-electron chi connectivity index (χ2n) is 13.3. The Balaban J connectivity index is 0.000000215. The van der Waals surface area contributed by atoms with Gasteiger partial charge in [0.15, 0.2) is 0 Å². The van der Waals surface area contributed by atoms with E-state index in [1.807, 2.05) is 62.4 Å². The van der Waals surface area contributed by atoms with Crippen molar-refractivity contribution in [2.45, 2.75) is 59.8 Å². The Labute approximate surface area is 333 Å². The van der Waals surface area contributed by atoms with E-state index < -0.39 is 0 Å². The number of fused-ring (bicyclic) bond motifs is 3. The average molecular weight is 739 g/mol. The molecule has 1 aliphatic rings. The van der Waals surface area contributed by atoms with Crippen molar-refractivity contribution in [2.24, 2.45) is 10.7 Å². The maximum Gasteiger partial charge on any atom is 0.130 e. The molecule has 0 fully saturated rings. The van der Waals surface area contributed by atoms with Gasteiger partial charge in [-0.15, -0.1) is 11.3 Å². The molecular formula is C52H54N2S. The lowest BCUT2D eigenvalue weighted by Crippen LogP contribution is -2.13. The normalized spacial score (nSPS) is 12.3. The lowest BCUT2D eigenvalue weighted by Gasteiger charge is -2.12. The van der Waals surface area contributed by atoms with E-state index in [0.29, 0.717) is 11.8 Å². The van der Waals surface area contributed by atoms with Crippen molar-refractivity contribution >= 4 is 37.3 Å². The van der Waals surface area contributed by atoms with Gasteiger partial charge in [-0.1, -0.05) is 196 Å². The van der Waals surface area contributed by atoms with Crippen LogP contribution in [0, 0.1) is 6.92 Å². The Kier molecular flexibility index (Phi) is 15.6. The molecule has 0 radical (unpaired) electrons. The highest BCUT2D eigenvalue weighted by Gasteiger charge is 2.15. The van der Waals surface area contributed by atoms with E-state index in [1.54, 1.807) is 0 Å². The molecule has 1 aliphatic carbocycles. The fourth-order valence-electron chi connectivity index (χ4n) is 6.46. The Hall–Kier alpha value is -5.77. The molecular weight excluding hydrogens is 685 g/mol. The van der Waals surface area contributed by atoms with Crippen molar-refractivity contribution in [3.8, 4) is 11.1 Å². The van der Waals surface area contributed by atoms with Gasteiger partial charge in [0.05, 0.1) is 0 Å². The molecule has 0 aliphatic heterocycles. The van der Waals surface area contributed by atoms with Gasteiger partial charge >= 0.3 is 0 Å². The van der Waals surface area contributed by atoms with Crippen LogP contribution >= 0.6 is 11.3 Å². The molecule has 278 valence electrons. The minimum atomic E-state index is 0.484. The van der Waals surface area contributed by atoms with Gasteiger partial charge in [-0.25, -0.2) is 4.99 Å². The molecule has 0 spiro atoms. The average Bonchev–Trinajstić information content (AvgIpc) is 3.64. The van der Waals surface area contributed by atoms with Crippen molar-refractivity contribution in [3.63, 3.8) is 0 Å². The van der Waals surface area contributed by atoms with Crippen molar-refractivity contribution in [3.05, 3.63) is 216 Å². The number of nitrogens with zero attached hydrogens (tertiary/aromatic N) is 1. The number of hydrogen-bond acceptors (Lipinski definition) is 2. The van der Waals surface area contributed by atoms with Crippen LogP contribution in [0.25, 0.3) is 31.3 Å². The van der Waals surface area contributed by atoms with Gasteiger partial charge in [0.1, 0.15) is 5.84 Å². The van der Waals surface area contributed by atoms with Crippen LogP contribution in [0.5, 0.6) is 0 Å². The molecule has 0 amide bonds. The predicted octanol–water partition coefficient (Wildman–Crippen LogP) is 14.6. The first-order chi connectivity index (χ1) is 27.0. The molecule has 0 saturated heterocycles. The summed E-state index contributed by atoms with van der Waals surface area (Å²) >= 11 is 1.86. The Morgan fingerprint density at radius 2 is 1.22 bits per heavy atom. The van der Waals surface area contributed by atoms with Crippen LogP contribution in [0.4, 0.5) is 0 Å². The predicted molar refractivity (Wildman–Crippen MR) is 243 cm³/mol. The lowest BCUT2D eigenvalue weighted by molar-refractivity contribution is 0.922. The van der Waals surface area contributed by atoms with Gasteiger partial charge in [0.2, 0.25) is 0 Å². The molecule has 2 N–H and O–H groups in total. The highest BCUT2D eigenvalue weighted by molar-refractivity contribution is 7.25.